The highest BCUT2D eigenvalue weighted by atomic mass is 14.2. The van der Waals surface area contributed by atoms with Gasteiger partial charge >= 0.3 is 0 Å². The molecule has 0 aliphatic heterocycles. The minimum absolute atomic E-state index is 0.772. The minimum Gasteiger partial charge on any atom is -0.0996 e. The van der Waals surface area contributed by atoms with Crippen molar-refractivity contribution < 1.29 is 0 Å². The van der Waals surface area contributed by atoms with Crippen LogP contribution in [0.25, 0.3) is 0 Å². The molecule has 0 rings (SSSR count). The summed E-state index contributed by atoms with van der Waals surface area (Å²) in [6.07, 6.45) is 15.0. The first kappa shape index (κ1) is 24.7. The van der Waals surface area contributed by atoms with Gasteiger partial charge in [0.15, 0.2) is 0 Å². The number of hydrogen-bond donors (Lipinski definition) is 0. The maximum absolute atomic E-state index is 4.52. The van der Waals surface area contributed by atoms with Gasteiger partial charge in [-0.2, -0.15) is 0 Å². The number of hydrogen-bond acceptors (Lipinski definition) is 0. The van der Waals surface area contributed by atoms with E-state index < -0.39 is 0 Å². The van der Waals surface area contributed by atoms with E-state index in [2.05, 4.69) is 55.0 Å². The molecule has 0 amide bonds. The molecule has 0 saturated carbocycles. The van der Waals surface area contributed by atoms with E-state index in [-0.39, 0.29) is 0 Å². The van der Waals surface area contributed by atoms with Crippen LogP contribution >= 0.6 is 0 Å². The second-order valence-electron chi connectivity index (χ2n) is 9.74. The molecule has 0 radical (unpaired) electrons. The van der Waals surface area contributed by atoms with Gasteiger partial charge in [-0.3, -0.25) is 0 Å². The van der Waals surface area contributed by atoms with E-state index in [0.29, 0.717) is 0 Å². The van der Waals surface area contributed by atoms with Gasteiger partial charge in [0, 0.05) is 0 Å². The Bertz CT molecular complexity index is 312. The van der Waals surface area contributed by atoms with E-state index in [0.717, 1.165) is 29.6 Å². The van der Waals surface area contributed by atoms with E-state index >= 15 is 0 Å². The van der Waals surface area contributed by atoms with Gasteiger partial charge in [-0.05, 0) is 55.3 Å². The predicted octanol–water partition coefficient (Wildman–Crippen LogP) is 9.05. The van der Waals surface area contributed by atoms with Crippen molar-refractivity contribution in [3.05, 3.63) is 12.2 Å². The van der Waals surface area contributed by atoms with Crippen molar-refractivity contribution in [2.45, 2.75) is 119 Å². The summed E-state index contributed by atoms with van der Waals surface area (Å²) in [5.41, 5.74) is 1.55. The van der Waals surface area contributed by atoms with Gasteiger partial charge in [-0.15, -0.1) is 0 Å². The molecule has 3 unspecified atom stereocenters. The predicted molar refractivity (Wildman–Crippen MR) is 117 cm³/mol. The highest BCUT2D eigenvalue weighted by molar-refractivity contribution is 5.00. The third kappa shape index (κ3) is 14.6. The lowest BCUT2D eigenvalue weighted by Crippen LogP contribution is -2.09. The van der Waals surface area contributed by atoms with Crippen LogP contribution in [-0.4, -0.2) is 0 Å². The second-order valence-corrected chi connectivity index (χ2v) is 9.74. The van der Waals surface area contributed by atoms with Crippen LogP contribution in [-0.2, 0) is 0 Å². The largest absolute Gasteiger partial charge is 0.0996 e. The first-order valence-corrected chi connectivity index (χ1v) is 11.4. The highest BCUT2D eigenvalue weighted by Crippen LogP contribution is 2.30. The molecule has 0 heteroatoms. The molecular weight excluding hydrogens is 300 g/mol. The maximum atomic E-state index is 4.52. The molecule has 3 atom stereocenters. The molecule has 0 heterocycles. The van der Waals surface area contributed by atoms with Crippen molar-refractivity contribution in [3.63, 3.8) is 0 Å². The second kappa shape index (κ2) is 14.9. The summed E-state index contributed by atoms with van der Waals surface area (Å²) in [4.78, 5) is 0. The van der Waals surface area contributed by atoms with Crippen LogP contribution in [0.3, 0.4) is 0 Å². The maximum Gasteiger partial charge on any atom is -0.0206 e. The molecule has 0 aliphatic rings. The van der Waals surface area contributed by atoms with E-state index in [9.17, 15) is 0 Å². The fourth-order valence-corrected chi connectivity index (χ4v) is 3.69. The lowest BCUT2D eigenvalue weighted by molar-refractivity contribution is 0.360. The molecule has 0 aliphatic carbocycles. The molecule has 0 bridgehead atoms. The number of rotatable bonds is 16. The zero-order valence-electron chi connectivity index (χ0n) is 18.9. The van der Waals surface area contributed by atoms with Crippen LogP contribution in [0.5, 0.6) is 0 Å². The summed E-state index contributed by atoms with van der Waals surface area (Å²) in [6.45, 7) is 21.1. The zero-order chi connectivity index (χ0) is 19.2. The summed E-state index contributed by atoms with van der Waals surface area (Å²) < 4.78 is 0. The molecule has 0 saturated heterocycles. The topological polar surface area (TPSA) is 0 Å². The Balaban J connectivity index is 4.34. The Hall–Kier alpha value is -0.260. The quantitative estimate of drug-likeness (QED) is 0.243. The van der Waals surface area contributed by atoms with Gasteiger partial charge in [0.25, 0.3) is 0 Å². The Morgan fingerprint density at radius 3 is 1.68 bits per heavy atom. The van der Waals surface area contributed by atoms with Gasteiger partial charge in [-0.1, -0.05) is 106 Å². The van der Waals surface area contributed by atoms with Crippen molar-refractivity contribution in [3.8, 4) is 0 Å². The minimum atomic E-state index is 0.772. The third-order valence-corrected chi connectivity index (χ3v) is 6.05. The summed E-state index contributed by atoms with van der Waals surface area (Å²) >= 11 is 0. The van der Waals surface area contributed by atoms with Gasteiger partial charge < -0.3 is 0 Å². The standard InChI is InChI=1S/C25H50/c1-9-22(6)16-18-25(24(8)15-11-13-21(4)5)19-17-23(7)14-10-12-20(2)3/h20-23,25H,8-19H2,1-7H3. The van der Waals surface area contributed by atoms with Crippen LogP contribution in [0.2, 0.25) is 0 Å². The SMILES string of the molecule is C=C(CCCC(C)C)C(CCC(C)CC)CCC(C)CCCC(C)C. The average Bonchev–Trinajstić information content (AvgIpc) is 2.53. The van der Waals surface area contributed by atoms with Gasteiger partial charge in [0.2, 0.25) is 0 Å². The molecule has 0 aromatic rings. The monoisotopic (exact) mass is 350 g/mol. The van der Waals surface area contributed by atoms with Gasteiger partial charge in [-0.25, -0.2) is 0 Å². The summed E-state index contributed by atoms with van der Waals surface area (Å²) in [7, 11) is 0. The lowest BCUT2D eigenvalue weighted by atomic mass is 9.82. The highest BCUT2D eigenvalue weighted by Gasteiger charge is 2.16. The molecule has 0 N–H and O–H groups in total. The van der Waals surface area contributed by atoms with Gasteiger partial charge in [0.1, 0.15) is 0 Å². The van der Waals surface area contributed by atoms with Crippen molar-refractivity contribution in [2.24, 2.45) is 29.6 Å². The fraction of sp³-hybridized carbons (Fsp3) is 0.920. The first-order chi connectivity index (χ1) is 11.8. The zero-order valence-corrected chi connectivity index (χ0v) is 18.9. The van der Waals surface area contributed by atoms with E-state index in [1.165, 1.54) is 70.6 Å². The Morgan fingerprint density at radius 1 is 0.640 bits per heavy atom. The molecule has 25 heavy (non-hydrogen) atoms. The fourth-order valence-electron chi connectivity index (χ4n) is 3.69. The summed E-state index contributed by atoms with van der Waals surface area (Å²) in [5.74, 6) is 4.21. The van der Waals surface area contributed by atoms with Gasteiger partial charge in [0.05, 0.1) is 0 Å². The molecule has 0 fully saturated rings. The summed E-state index contributed by atoms with van der Waals surface area (Å²) in [6, 6.07) is 0. The molecule has 0 spiro atoms. The average molecular weight is 351 g/mol. The van der Waals surface area contributed by atoms with Crippen LogP contribution in [0, 0.1) is 29.6 Å². The smallest absolute Gasteiger partial charge is 0.0206 e. The first-order valence-electron chi connectivity index (χ1n) is 11.4. The Labute approximate surface area is 161 Å². The lowest BCUT2D eigenvalue weighted by Gasteiger charge is -2.23. The summed E-state index contributed by atoms with van der Waals surface area (Å²) in [5, 5.41) is 0. The van der Waals surface area contributed by atoms with Crippen LogP contribution in [0.4, 0.5) is 0 Å². The van der Waals surface area contributed by atoms with Crippen molar-refractivity contribution in [1.29, 1.82) is 0 Å². The third-order valence-electron chi connectivity index (χ3n) is 6.05. The molecule has 0 nitrogen and oxygen atoms in total. The van der Waals surface area contributed by atoms with Crippen molar-refractivity contribution in [1.82, 2.24) is 0 Å². The van der Waals surface area contributed by atoms with Crippen molar-refractivity contribution >= 4 is 0 Å². The van der Waals surface area contributed by atoms with Crippen molar-refractivity contribution in [2.75, 3.05) is 0 Å². The number of allylic oxidation sites excluding steroid dienone is 1. The molecule has 150 valence electrons. The Morgan fingerprint density at radius 2 is 1.16 bits per heavy atom. The van der Waals surface area contributed by atoms with E-state index in [1.54, 1.807) is 5.57 Å². The Kier molecular flexibility index (Phi) is 14.7. The van der Waals surface area contributed by atoms with E-state index in [1.807, 2.05) is 0 Å². The molecule has 0 aromatic carbocycles. The van der Waals surface area contributed by atoms with Crippen LogP contribution in [0.15, 0.2) is 12.2 Å². The molecular formula is C25H50. The van der Waals surface area contributed by atoms with E-state index in [4.69, 9.17) is 0 Å². The normalized spacial score (nSPS) is 15.6. The molecule has 0 aromatic heterocycles. The van der Waals surface area contributed by atoms with Crippen LogP contribution in [0.1, 0.15) is 119 Å². The van der Waals surface area contributed by atoms with Crippen LogP contribution < -0.4 is 0 Å².